The molecule has 0 unspecified atom stereocenters. The molecule has 0 fully saturated rings. The Bertz CT molecular complexity index is 106. The lowest BCUT2D eigenvalue weighted by molar-refractivity contribution is -0.243. The lowest BCUT2D eigenvalue weighted by Gasteiger charge is -2.08. The quantitative estimate of drug-likeness (QED) is 0.377. The average Bonchev–Trinajstić information content (AvgIpc) is 1.64. The minimum absolute atomic E-state index is 1.20. The molecule has 5 nitrogen and oxygen atoms in total. The van der Waals surface area contributed by atoms with Crippen LogP contribution in [0.2, 0.25) is 0 Å². The van der Waals surface area contributed by atoms with Crippen molar-refractivity contribution in [2.24, 2.45) is 0 Å². The molecule has 0 rings (SSSR count). The zero-order valence-corrected chi connectivity index (χ0v) is 6.65. The van der Waals surface area contributed by atoms with Gasteiger partial charge < -0.3 is 4.89 Å². The SMILES string of the molecule is COOP(O)(=S)OOC. The van der Waals surface area contributed by atoms with Gasteiger partial charge >= 0.3 is 6.72 Å². The van der Waals surface area contributed by atoms with Gasteiger partial charge in [0.15, 0.2) is 0 Å². The molecule has 0 aromatic rings. The first-order valence-electron chi connectivity index (χ1n) is 1.90. The highest BCUT2D eigenvalue weighted by atomic mass is 32.5. The van der Waals surface area contributed by atoms with Gasteiger partial charge in [-0.05, 0) is 11.8 Å². The first-order chi connectivity index (χ1) is 4.12. The van der Waals surface area contributed by atoms with Gasteiger partial charge in [-0.3, -0.25) is 0 Å². The topological polar surface area (TPSA) is 57.2 Å². The fraction of sp³-hybridized carbons (Fsp3) is 1.00. The van der Waals surface area contributed by atoms with E-state index in [1.807, 2.05) is 0 Å². The Morgan fingerprint density at radius 1 is 1.22 bits per heavy atom. The smallest absolute Gasteiger partial charge is 0.321 e. The summed E-state index contributed by atoms with van der Waals surface area (Å²) in [5.74, 6) is 0. The van der Waals surface area contributed by atoms with Crippen LogP contribution in [0.3, 0.4) is 0 Å². The van der Waals surface area contributed by atoms with Crippen molar-refractivity contribution in [3.63, 3.8) is 0 Å². The Morgan fingerprint density at radius 3 is 1.78 bits per heavy atom. The number of rotatable bonds is 4. The molecular weight excluding hydrogens is 167 g/mol. The molecule has 0 saturated carbocycles. The van der Waals surface area contributed by atoms with E-state index < -0.39 is 6.72 Å². The summed E-state index contributed by atoms with van der Waals surface area (Å²) in [4.78, 5) is 16.8. The predicted octanol–water partition coefficient (Wildman–Crippen LogP) is 0.359. The zero-order valence-electron chi connectivity index (χ0n) is 4.94. The summed E-state index contributed by atoms with van der Waals surface area (Å²) >= 11 is 4.31. The molecular formula is C2H7O5PS. The van der Waals surface area contributed by atoms with Crippen LogP contribution in [0.1, 0.15) is 0 Å². The summed E-state index contributed by atoms with van der Waals surface area (Å²) in [7, 11) is 2.41. The molecule has 56 valence electrons. The molecule has 0 radical (unpaired) electrons. The third-order valence-corrected chi connectivity index (χ3v) is 1.38. The molecule has 7 heteroatoms. The molecule has 0 amide bonds. The average molecular weight is 174 g/mol. The molecule has 0 aliphatic heterocycles. The summed E-state index contributed by atoms with van der Waals surface area (Å²) in [6.07, 6.45) is 0. The molecule has 0 spiro atoms. The Labute approximate surface area is 57.6 Å². The Kier molecular flexibility index (Phi) is 4.51. The molecule has 0 aromatic heterocycles. The highest BCUT2D eigenvalue weighted by molar-refractivity contribution is 8.07. The Morgan fingerprint density at radius 2 is 1.56 bits per heavy atom. The van der Waals surface area contributed by atoms with Crippen molar-refractivity contribution < 1.29 is 24.0 Å². The van der Waals surface area contributed by atoms with Crippen molar-refractivity contribution in [1.82, 2.24) is 0 Å². The van der Waals surface area contributed by atoms with E-state index in [1.54, 1.807) is 0 Å². The fourth-order valence-corrected chi connectivity index (χ4v) is 0.968. The molecule has 0 saturated heterocycles. The number of hydrogen-bond donors (Lipinski definition) is 1. The van der Waals surface area contributed by atoms with Gasteiger partial charge in [0.05, 0.1) is 14.2 Å². The third kappa shape index (κ3) is 4.92. The molecule has 0 aromatic carbocycles. The van der Waals surface area contributed by atoms with E-state index in [4.69, 9.17) is 4.89 Å². The predicted molar refractivity (Wildman–Crippen MR) is 32.7 cm³/mol. The van der Waals surface area contributed by atoms with E-state index in [9.17, 15) is 0 Å². The lowest BCUT2D eigenvalue weighted by atomic mass is 11.8. The van der Waals surface area contributed by atoms with E-state index in [2.05, 4.69) is 30.9 Å². The van der Waals surface area contributed by atoms with Gasteiger partial charge in [0.1, 0.15) is 0 Å². The van der Waals surface area contributed by atoms with Gasteiger partial charge in [-0.15, -0.1) is 9.35 Å². The van der Waals surface area contributed by atoms with Gasteiger partial charge in [-0.2, -0.15) is 0 Å². The first-order valence-corrected chi connectivity index (χ1v) is 4.49. The van der Waals surface area contributed by atoms with E-state index in [0.717, 1.165) is 0 Å². The van der Waals surface area contributed by atoms with Crippen LogP contribution >= 0.6 is 6.72 Å². The van der Waals surface area contributed by atoms with Gasteiger partial charge in [0.25, 0.3) is 0 Å². The third-order valence-electron chi connectivity index (χ3n) is 0.337. The molecule has 0 bridgehead atoms. The maximum atomic E-state index is 8.75. The molecule has 1 N–H and O–H groups in total. The van der Waals surface area contributed by atoms with E-state index >= 15 is 0 Å². The van der Waals surface area contributed by atoms with Crippen molar-refractivity contribution in [2.75, 3.05) is 14.2 Å². The Balaban J connectivity index is 3.58. The normalized spacial score (nSPS) is 11.9. The van der Waals surface area contributed by atoms with Crippen molar-refractivity contribution in [1.29, 1.82) is 0 Å². The molecule has 0 aliphatic rings. The van der Waals surface area contributed by atoms with E-state index in [1.165, 1.54) is 14.2 Å². The van der Waals surface area contributed by atoms with Crippen LogP contribution < -0.4 is 0 Å². The minimum atomic E-state index is -3.30. The van der Waals surface area contributed by atoms with Crippen molar-refractivity contribution >= 4 is 18.5 Å². The van der Waals surface area contributed by atoms with Gasteiger partial charge in [0, 0.05) is 0 Å². The maximum Gasteiger partial charge on any atom is 0.380 e. The summed E-state index contributed by atoms with van der Waals surface area (Å²) in [5.41, 5.74) is 0. The van der Waals surface area contributed by atoms with Crippen LogP contribution in [0.15, 0.2) is 0 Å². The van der Waals surface area contributed by atoms with Crippen molar-refractivity contribution in [3.8, 4) is 0 Å². The minimum Gasteiger partial charge on any atom is -0.321 e. The summed E-state index contributed by atoms with van der Waals surface area (Å²) in [6, 6.07) is 0. The summed E-state index contributed by atoms with van der Waals surface area (Å²) in [5, 5.41) is 0. The van der Waals surface area contributed by atoms with Gasteiger partial charge in [-0.25, -0.2) is 9.78 Å². The van der Waals surface area contributed by atoms with Crippen molar-refractivity contribution in [2.45, 2.75) is 0 Å². The van der Waals surface area contributed by atoms with Crippen LogP contribution in [0.5, 0.6) is 0 Å². The molecule has 0 atom stereocenters. The summed E-state index contributed by atoms with van der Waals surface area (Å²) in [6.45, 7) is -3.30. The second kappa shape index (κ2) is 4.29. The number of hydrogen-bond acceptors (Lipinski definition) is 5. The molecule has 9 heavy (non-hydrogen) atoms. The van der Waals surface area contributed by atoms with Gasteiger partial charge in [0.2, 0.25) is 0 Å². The monoisotopic (exact) mass is 174 g/mol. The second-order valence-electron chi connectivity index (χ2n) is 0.951. The highest BCUT2D eigenvalue weighted by Gasteiger charge is 2.15. The fourth-order valence-electron chi connectivity index (χ4n) is 0.201. The van der Waals surface area contributed by atoms with Gasteiger partial charge in [-0.1, -0.05) is 0 Å². The zero-order chi connectivity index (χ0) is 7.33. The van der Waals surface area contributed by atoms with Crippen LogP contribution in [-0.2, 0) is 30.9 Å². The van der Waals surface area contributed by atoms with E-state index in [-0.39, 0.29) is 0 Å². The molecule has 0 heterocycles. The van der Waals surface area contributed by atoms with Crippen LogP contribution in [-0.4, -0.2) is 19.1 Å². The van der Waals surface area contributed by atoms with Crippen LogP contribution in [0.4, 0.5) is 0 Å². The highest BCUT2D eigenvalue weighted by Crippen LogP contribution is 2.43. The first kappa shape index (κ1) is 9.45. The molecule has 0 aliphatic carbocycles. The van der Waals surface area contributed by atoms with Crippen LogP contribution in [0, 0.1) is 0 Å². The lowest BCUT2D eigenvalue weighted by Crippen LogP contribution is -1.91. The largest absolute Gasteiger partial charge is 0.380 e. The maximum absolute atomic E-state index is 8.75. The second-order valence-corrected chi connectivity index (χ2v) is 3.57. The van der Waals surface area contributed by atoms with Crippen LogP contribution in [0.25, 0.3) is 0 Å². The standard InChI is InChI=1S/C2H7O5PS/c1-4-6-8(3,9)7-5-2/h1-2H3,(H,3,9). The summed E-state index contributed by atoms with van der Waals surface area (Å²) < 4.78 is 8.21. The van der Waals surface area contributed by atoms with Crippen molar-refractivity contribution in [3.05, 3.63) is 0 Å². The van der Waals surface area contributed by atoms with E-state index in [0.29, 0.717) is 0 Å². The Hall–Kier alpha value is 0.450.